The summed E-state index contributed by atoms with van der Waals surface area (Å²) in [6.07, 6.45) is 0. The van der Waals surface area contributed by atoms with Crippen molar-refractivity contribution in [1.82, 2.24) is 0 Å². The molecule has 1 heteroatoms. The largest absolute Gasteiger partial charge is 0.310 e. The molecule has 0 radical (unpaired) electrons. The van der Waals surface area contributed by atoms with Crippen LogP contribution < -0.4 is 4.90 Å². The monoisotopic (exact) mass is 675 g/mol. The third kappa shape index (κ3) is 6.30. The van der Waals surface area contributed by atoms with E-state index in [1.54, 1.807) is 0 Å². The molecule has 0 N–H and O–H groups in total. The first-order valence-corrected chi connectivity index (χ1v) is 18.2. The normalized spacial score (nSPS) is 11.0. The van der Waals surface area contributed by atoms with Crippen LogP contribution in [0.5, 0.6) is 0 Å². The third-order valence-corrected chi connectivity index (χ3v) is 10.1. The lowest BCUT2D eigenvalue weighted by molar-refractivity contribution is 1.28. The Bertz CT molecular complexity index is 2540. The zero-order valence-corrected chi connectivity index (χ0v) is 29.3. The van der Waals surface area contributed by atoms with Crippen molar-refractivity contribution >= 4 is 27.8 Å². The van der Waals surface area contributed by atoms with Crippen LogP contribution in [0.15, 0.2) is 224 Å². The third-order valence-electron chi connectivity index (χ3n) is 10.1. The van der Waals surface area contributed by atoms with E-state index in [0.29, 0.717) is 0 Å². The van der Waals surface area contributed by atoms with E-state index in [1.807, 2.05) is 0 Å². The molecule has 9 aromatic rings. The highest BCUT2D eigenvalue weighted by molar-refractivity contribution is 6.05. The molecule has 0 aromatic heterocycles. The highest BCUT2D eigenvalue weighted by atomic mass is 15.1. The van der Waals surface area contributed by atoms with Crippen molar-refractivity contribution in [3.63, 3.8) is 0 Å². The van der Waals surface area contributed by atoms with Gasteiger partial charge in [0.25, 0.3) is 0 Å². The zero-order valence-electron chi connectivity index (χ0n) is 29.3. The van der Waals surface area contributed by atoms with Gasteiger partial charge < -0.3 is 4.90 Å². The summed E-state index contributed by atoms with van der Waals surface area (Å²) in [5, 5.41) is 2.47. The van der Waals surface area contributed by atoms with Gasteiger partial charge >= 0.3 is 0 Å². The van der Waals surface area contributed by atoms with Crippen LogP contribution in [-0.4, -0.2) is 0 Å². The van der Waals surface area contributed by atoms with E-state index >= 15 is 0 Å². The number of anilines is 3. The molecule has 1 nitrogen and oxygen atoms in total. The van der Waals surface area contributed by atoms with Gasteiger partial charge in [-0.3, -0.25) is 0 Å². The van der Waals surface area contributed by atoms with Gasteiger partial charge in [0.05, 0.1) is 5.69 Å². The molecule has 0 saturated carbocycles. The lowest BCUT2D eigenvalue weighted by atomic mass is 9.86. The van der Waals surface area contributed by atoms with Crippen LogP contribution in [0.4, 0.5) is 17.1 Å². The van der Waals surface area contributed by atoms with Gasteiger partial charge in [-0.1, -0.05) is 194 Å². The van der Waals surface area contributed by atoms with Crippen LogP contribution in [0.25, 0.3) is 66.4 Å². The average molecular weight is 676 g/mol. The Balaban J connectivity index is 1.30. The Kier molecular flexibility index (Phi) is 8.66. The molecule has 0 aliphatic heterocycles. The first-order chi connectivity index (χ1) is 26.3. The first kappa shape index (κ1) is 32.0. The quantitative estimate of drug-likeness (QED) is 0.155. The van der Waals surface area contributed by atoms with Gasteiger partial charge in [0, 0.05) is 16.9 Å². The van der Waals surface area contributed by atoms with E-state index in [4.69, 9.17) is 0 Å². The Morgan fingerprint density at radius 1 is 0.245 bits per heavy atom. The zero-order chi connectivity index (χ0) is 35.4. The minimum Gasteiger partial charge on any atom is -0.310 e. The molecule has 0 heterocycles. The summed E-state index contributed by atoms with van der Waals surface area (Å²) in [4.78, 5) is 2.42. The van der Waals surface area contributed by atoms with E-state index in [2.05, 4.69) is 229 Å². The molecule has 0 unspecified atom stereocenters. The van der Waals surface area contributed by atoms with Crippen molar-refractivity contribution in [1.29, 1.82) is 0 Å². The fourth-order valence-corrected chi connectivity index (χ4v) is 7.56. The van der Waals surface area contributed by atoms with E-state index in [-0.39, 0.29) is 0 Å². The van der Waals surface area contributed by atoms with Crippen molar-refractivity contribution in [2.24, 2.45) is 0 Å². The summed E-state index contributed by atoms with van der Waals surface area (Å²) in [6.45, 7) is 0. The molecule has 0 atom stereocenters. The van der Waals surface area contributed by atoms with Crippen molar-refractivity contribution < 1.29 is 0 Å². The van der Waals surface area contributed by atoms with Gasteiger partial charge in [0.1, 0.15) is 0 Å². The SMILES string of the molecule is c1ccc(-c2ccc(N(c3ccc(-c4ccccc4)cc3)c3cccc(-c4ccccc4)c3-c3ccccc3-c3cccc4ccccc34)cc2)cc1. The highest BCUT2D eigenvalue weighted by Crippen LogP contribution is 2.49. The second kappa shape index (κ2) is 14.3. The van der Waals surface area contributed by atoms with Crippen molar-refractivity contribution in [2.75, 3.05) is 4.90 Å². The number of rotatable bonds is 8. The summed E-state index contributed by atoms with van der Waals surface area (Å²) in [6, 6.07) is 80.9. The fourth-order valence-electron chi connectivity index (χ4n) is 7.56. The fraction of sp³-hybridized carbons (Fsp3) is 0. The van der Waals surface area contributed by atoms with Gasteiger partial charge in [-0.05, 0) is 91.2 Å². The molecular weight excluding hydrogens is 639 g/mol. The lowest BCUT2D eigenvalue weighted by Gasteiger charge is -2.30. The average Bonchev–Trinajstić information content (AvgIpc) is 3.25. The van der Waals surface area contributed by atoms with Gasteiger partial charge in [-0.2, -0.15) is 0 Å². The minimum atomic E-state index is 1.09. The van der Waals surface area contributed by atoms with Crippen LogP contribution in [0.2, 0.25) is 0 Å². The molecule has 53 heavy (non-hydrogen) atoms. The van der Waals surface area contributed by atoms with Crippen molar-refractivity contribution in [3.8, 4) is 55.6 Å². The molecule has 0 fully saturated rings. The molecule has 9 aromatic carbocycles. The summed E-state index contributed by atoms with van der Waals surface area (Å²) in [5.41, 5.74) is 15.2. The molecule has 0 aliphatic rings. The lowest BCUT2D eigenvalue weighted by Crippen LogP contribution is -2.12. The van der Waals surface area contributed by atoms with Gasteiger partial charge in [0.2, 0.25) is 0 Å². The standard InChI is InChI=1S/C52H37N/c1-4-16-38(17-5-1)40-30-34-44(35-31-40)53(45-36-32-41(33-37-45)39-18-6-2-7-19-39)51-29-15-27-47(43-20-8-3-9-21-43)52(51)50-26-13-12-25-49(50)48-28-14-23-42-22-10-11-24-46(42)48/h1-37H. The molecule has 0 bridgehead atoms. The molecule has 0 saturated heterocycles. The molecular formula is C52H37N. The maximum atomic E-state index is 2.42. The van der Waals surface area contributed by atoms with E-state index in [0.717, 1.165) is 17.1 Å². The Morgan fingerprint density at radius 3 is 1.26 bits per heavy atom. The maximum absolute atomic E-state index is 2.42. The molecule has 250 valence electrons. The van der Waals surface area contributed by atoms with Gasteiger partial charge in [-0.25, -0.2) is 0 Å². The maximum Gasteiger partial charge on any atom is 0.0546 e. The summed E-state index contributed by atoms with van der Waals surface area (Å²) < 4.78 is 0. The summed E-state index contributed by atoms with van der Waals surface area (Å²) >= 11 is 0. The molecule has 9 rings (SSSR count). The van der Waals surface area contributed by atoms with Gasteiger partial charge in [0.15, 0.2) is 0 Å². The summed E-state index contributed by atoms with van der Waals surface area (Å²) in [5.74, 6) is 0. The van der Waals surface area contributed by atoms with Crippen molar-refractivity contribution in [3.05, 3.63) is 224 Å². The van der Waals surface area contributed by atoms with Crippen LogP contribution >= 0.6 is 0 Å². The predicted octanol–water partition coefficient (Wildman–Crippen LogP) is 14.6. The minimum absolute atomic E-state index is 1.09. The number of nitrogens with zero attached hydrogens (tertiary/aromatic N) is 1. The smallest absolute Gasteiger partial charge is 0.0546 e. The van der Waals surface area contributed by atoms with Gasteiger partial charge in [-0.15, -0.1) is 0 Å². The Hall–Kier alpha value is -6.96. The molecule has 0 aliphatic carbocycles. The van der Waals surface area contributed by atoms with E-state index < -0.39 is 0 Å². The second-order valence-electron chi connectivity index (χ2n) is 13.3. The predicted molar refractivity (Wildman–Crippen MR) is 226 cm³/mol. The Morgan fingerprint density at radius 2 is 0.660 bits per heavy atom. The Labute approximate surface area is 311 Å². The van der Waals surface area contributed by atoms with Crippen LogP contribution in [0, 0.1) is 0 Å². The first-order valence-electron chi connectivity index (χ1n) is 18.2. The van der Waals surface area contributed by atoms with Crippen LogP contribution in [-0.2, 0) is 0 Å². The van der Waals surface area contributed by atoms with Crippen molar-refractivity contribution in [2.45, 2.75) is 0 Å². The number of fused-ring (bicyclic) bond motifs is 1. The number of hydrogen-bond donors (Lipinski definition) is 0. The highest BCUT2D eigenvalue weighted by Gasteiger charge is 2.23. The molecule has 0 amide bonds. The number of hydrogen-bond acceptors (Lipinski definition) is 1. The second-order valence-corrected chi connectivity index (χ2v) is 13.3. The van der Waals surface area contributed by atoms with Crippen LogP contribution in [0.3, 0.4) is 0 Å². The number of benzene rings is 9. The topological polar surface area (TPSA) is 3.24 Å². The summed E-state index contributed by atoms with van der Waals surface area (Å²) in [7, 11) is 0. The van der Waals surface area contributed by atoms with Crippen LogP contribution in [0.1, 0.15) is 0 Å². The molecule has 0 spiro atoms. The van der Waals surface area contributed by atoms with E-state index in [9.17, 15) is 0 Å². The van der Waals surface area contributed by atoms with E-state index in [1.165, 1.54) is 66.4 Å².